The van der Waals surface area contributed by atoms with Crippen molar-refractivity contribution in [1.82, 2.24) is 0 Å². The van der Waals surface area contributed by atoms with Gasteiger partial charge < -0.3 is 4.74 Å². The van der Waals surface area contributed by atoms with Crippen LogP contribution in [0.25, 0.3) is 0 Å². The highest BCUT2D eigenvalue weighted by Gasteiger charge is 2.54. The van der Waals surface area contributed by atoms with Crippen LogP contribution in [0.4, 0.5) is 0 Å². The second kappa shape index (κ2) is 3.48. The maximum absolute atomic E-state index is 6.40. The van der Waals surface area contributed by atoms with Gasteiger partial charge in [-0.2, -0.15) is 0 Å². The quantitative estimate of drug-likeness (QED) is 0.669. The topological polar surface area (TPSA) is 9.23 Å². The van der Waals surface area contributed by atoms with E-state index in [0.29, 0.717) is 11.5 Å². The second-order valence-corrected chi connectivity index (χ2v) is 6.81. The molecule has 2 bridgehead atoms. The lowest BCUT2D eigenvalue weighted by Gasteiger charge is -2.59. The van der Waals surface area contributed by atoms with Gasteiger partial charge in [-0.1, -0.05) is 27.7 Å². The molecule has 0 spiro atoms. The van der Waals surface area contributed by atoms with Crippen molar-refractivity contribution in [1.29, 1.82) is 0 Å². The Labute approximate surface area is 94.6 Å². The van der Waals surface area contributed by atoms with Gasteiger partial charge in [0.05, 0.1) is 11.7 Å². The summed E-state index contributed by atoms with van der Waals surface area (Å²) in [5.74, 6) is 1.49. The predicted molar refractivity (Wildman–Crippen MR) is 63.9 cm³/mol. The van der Waals surface area contributed by atoms with E-state index in [9.17, 15) is 0 Å². The molecule has 0 N–H and O–H groups in total. The van der Waals surface area contributed by atoms with Gasteiger partial charge in [-0.25, -0.2) is 0 Å². The summed E-state index contributed by atoms with van der Waals surface area (Å²) in [4.78, 5) is 0. The maximum atomic E-state index is 6.40. The average molecular weight is 210 g/mol. The van der Waals surface area contributed by atoms with E-state index in [2.05, 4.69) is 34.6 Å². The van der Waals surface area contributed by atoms with Crippen molar-refractivity contribution in [3.63, 3.8) is 0 Å². The normalized spacial score (nSPS) is 50.0. The summed E-state index contributed by atoms with van der Waals surface area (Å²) >= 11 is 0. The molecule has 2 unspecified atom stereocenters. The summed E-state index contributed by atoms with van der Waals surface area (Å²) in [7, 11) is 0. The second-order valence-electron chi connectivity index (χ2n) is 6.81. The molecule has 0 aromatic rings. The van der Waals surface area contributed by atoms with Crippen LogP contribution in [0.1, 0.15) is 60.3 Å². The lowest BCUT2D eigenvalue weighted by molar-refractivity contribution is -0.249. The van der Waals surface area contributed by atoms with E-state index < -0.39 is 0 Å². The van der Waals surface area contributed by atoms with Crippen LogP contribution in [0.5, 0.6) is 0 Å². The molecule has 2 heterocycles. The third-order valence-corrected chi connectivity index (χ3v) is 4.88. The summed E-state index contributed by atoms with van der Waals surface area (Å²) in [5, 5.41) is 0. The summed E-state index contributed by atoms with van der Waals surface area (Å²) in [6.45, 7) is 11.7. The largest absolute Gasteiger partial charge is 0.371 e. The molecule has 0 aromatic carbocycles. The van der Waals surface area contributed by atoms with Crippen LogP contribution < -0.4 is 0 Å². The molecule has 1 saturated carbocycles. The monoisotopic (exact) mass is 210 g/mol. The SMILES string of the molecule is CC(C)C[C@@H]1O[C@]2(C)CCC1(C)CC2C. The van der Waals surface area contributed by atoms with Gasteiger partial charge in [0.2, 0.25) is 0 Å². The molecule has 3 rings (SSSR count). The predicted octanol–water partition coefficient (Wildman–Crippen LogP) is 4.02. The molecule has 1 heteroatoms. The van der Waals surface area contributed by atoms with Crippen LogP contribution >= 0.6 is 0 Å². The minimum absolute atomic E-state index is 0.178. The first-order chi connectivity index (χ1) is 6.86. The fourth-order valence-corrected chi connectivity index (χ4v) is 3.49. The van der Waals surface area contributed by atoms with Crippen LogP contribution in [0.3, 0.4) is 0 Å². The van der Waals surface area contributed by atoms with E-state index in [1.165, 1.54) is 25.7 Å². The van der Waals surface area contributed by atoms with Gasteiger partial charge in [-0.15, -0.1) is 0 Å². The molecule has 88 valence electrons. The molecule has 1 aliphatic carbocycles. The van der Waals surface area contributed by atoms with Crippen molar-refractivity contribution in [3.05, 3.63) is 0 Å². The number of fused-ring (bicyclic) bond motifs is 3. The van der Waals surface area contributed by atoms with E-state index in [-0.39, 0.29) is 5.60 Å². The van der Waals surface area contributed by atoms with E-state index >= 15 is 0 Å². The summed E-state index contributed by atoms with van der Waals surface area (Å²) in [5.41, 5.74) is 0.638. The molecule has 1 nitrogen and oxygen atoms in total. The van der Waals surface area contributed by atoms with Gasteiger partial charge in [0.15, 0.2) is 0 Å². The summed E-state index contributed by atoms with van der Waals surface area (Å²) < 4.78 is 6.40. The average Bonchev–Trinajstić information content (AvgIpc) is 2.09. The number of hydrogen-bond acceptors (Lipinski definition) is 1. The first-order valence-electron chi connectivity index (χ1n) is 6.53. The zero-order valence-corrected chi connectivity index (χ0v) is 11.0. The van der Waals surface area contributed by atoms with Gasteiger partial charge in [-0.05, 0) is 49.9 Å². The summed E-state index contributed by atoms with van der Waals surface area (Å²) in [6.07, 6.45) is 5.73. The van der Waals surface area contributed by atoms with Crippen molar-refractivity contribution in [2.45, 2.75) is 72.0 Å². The fraction of sp³-hybridized carbons (Fsp3) is 1.00. The van der Waals surface area contributed by atoms with E-state index in [4.69, 9.17) is 4.74 Å². The molecular formula is C14H26O. The highest BCUT2D eigenvalue weighted by Crippen LogP contribution is 2.55. The Hall–Kier alpha value is -0.0400. The van der Waals surface area contributed by atoms with Crippen molar-refractivity contribution >= 4 is 0 Å². The Morgan fingerprint density at radius 3 is 2.47 bits per heavy atom. The molecule has 2 aliphatic heterocycles. The van der Waals surface area contributed by atoms with E-state index in [1.807, 2.05) is 0 Å². The Balaban J connectivity index is 2.16. The summed E-state index contributed by atoms with van der Waals surface area (Å²) in [6, 6.07) is 0. The van der Waals surface area contributed by atoms with Crippen LogP contribution in [0.2, 0.25) is 0 Å². The minimum Gasteiger partial charge on any atom is -0.371 e. The molecular weight excluding hydrogens is 184 g/mol. The molecule has 15 heavy (non-hydrogen) atoms. The third-order valence-electron chi connectivity index (χ3n) is 4.88. The van der Waals surface area contributed by atoms with Crippen molar-refractivity contribution in [2.24, 2.45) is 17.3 Å². The Morgan fingerprint density at radius 1 is 1.27 bits per heavy atom. The van der Waals surface area contributed by atoms with Gasteiger partial charge in [0.25, 0.3) is 0 Å². The Bertz CT molecular complexity index is 248. The lowest BCUT2D eigenvalue weighted by atomic mass is 9.58. The van der Waals surface area contributed by atoms with Crippen LogP contribution in [0.15, 0.2) is 0 Å². The van der Waals surface area contributed by atoms with E-state index in [1.54, 1.807) is 0 Å². The minimum atomic E-state index is 0.178. The van der Waals surface area contributed by atoms with Gasteiger partial charge in [0, 0.05) is 0 Å². The first kappa shape index (κ1) is 11.4. The molecule has 0 radical (unpaired) electrons. The molecule has 2 saturated heterocycles. The molecule has 3 aliphatic rings. The smallest absolute Gasteiger partial charge is 0.0684 e. The number of hydrogen-bond donors (Lipinski definition) is 0. The van der Waals surface area contributed by atoms with Gasteiger partial charge in [-0.3, -0.25) is 0 Å². The van der Waals surface area contributed by atoms with Gasteiger partial charge in [0.1, 0.15) is 0 Å². The lowest BCUT2D eigenvalue weighted by Crippen LogP contribution is -2.58. The van der Waals surface area contributed by atoms with Crippen LogP contribution in [-0.4, -0.2) is 11.7 Å². The van der Waals surface area contributed by atoms with Crippen molar-refractivity contribution in [2.75, 3.05) is 0 Å². The Morgan fingerprint density at radius 2 is 1.93 bits per heavy atom. The third kappa shape index (κ3) is 1.84. The van der Waals surface area contributed by atoms with E-state index in [0.717, 1.165) is 11.8 Å². The zero-order valence-electron chi connectivity index (χ0n) is 11.0. The number of ether oxygens (including phenoxy) is 1. The molecule has 0 aromatic heterocycles. The standard InChI is InChI=1S/C14H26O/c1-10(2)8-12-13(4)6-7-14(5,15-12)11(3)9-13/h10-12H,6-9H2,1-5H3/t11?,12-,13?,14+/m0/s1. The Kier molecular flexibility index (Phi) is 2.65. The highest BCUT2D eigenvalue weighted by atomic mass is 16.5. The number of rotatable bonds is 2. The molecule has 4 atom stereocenters. The molecule has 3 fully saturated rings. The van der Waals surface area contributed by atoms with Crippen molar-refractivity contribution in [3.8, 4) is 0 Å². The highest BCUT2D eigenvalue weighted by molar-refractivity contribution is 5.03. The zero-order chi connectivity index (χ0) is 11.3. The van der Waals surface area contributed by atoms with Crippen molar-refractivity contribution < 1.29 is 4.74 Å². The fourth-order valence-electron chi connectivity index (χ4n) is 3.49. The molecule has 0 amide bonds. The maximum Gasteiger partial charge on any atom is 0.0684 e. The van der Waals surface area contributed by atoms with Gasteiger partial charge >= 0.3 is 0 Å². The van der Waals surface area contributed by atoms with Crippen LogP contribution in [0, 0.1) is 17.3 Å². The first-order valence-corrected chi connectivity index (χ1v) is 6.53. The van der Waals surface area contributed by atoms with Crippen LogP contribution in [-0.2, 0) is 4.74 Å².